The minimum atomic E-state index is -6.09. The van der Waals surface area contributed by atoms with Crippen molar-refractivity contribution in [2.45, 2.75) is 37.8 Å². The summed E-state index contributed by atoms with van der Waals surface area (Å²) in [5, 5.41) is 15.2. The predicted molar refractivity (Wildman–Crippen MR) is 152 cm³/mol. The Labute approximate surface area is 318 Å². The van der Waals surface area contributed by atoms with Gasteiger partial charge in [0.25, 0.3) is 0 Å². The van der Waals surface area contributed by atoms with Crippen LogP contribution in [-0.2, 0) is 59.2 Å². The van der Waals surface area contributed by atoms with Gasteiger partial charge in [-0.15, -0.1) is 0 Å². The van der Waals surface area contributed by atoms with Crippen molar-refractivity contribution in [3.63, 3.8) is 0 Å². The van der Waals surface area contributed by atoms with Crippen LogP contribution in [0.25, 0.3) is 0 Å². The molecule has 0 N–H and O–H groups in total. The van der Waals surface area contributed by atoms with Gasteiger partial charge in [-0.25, -0.2) is 16.8 Å². The van der Waals surface area contributed by atoms with E-state index in [1.54, 1.807) is 6.21 Å². The van der Waals surface area contributed by atoms with Crippen LogP contribution in [0.3, 0.4) is 0 Å². The third kappa shape index (κ3) is 17.1. The van der Waals surface area contributed by atoms with E-state index in [-0.39, 0.29) is 63.7 Å². The van der Waals surface area contributed by atoms with Gasteiger partial charge in [0.15, 0.2) is 20.2 Å². The average Bonchev–Trinajstić information content (AvgIpc) is 2.88. The molecule has 3 aromatic rings. The number of rotatable bonds is 6. The van der Waals surface area contributed by atoms with Crippen LogP contribution < -0.4 is 50.6 Å². The molecule has 0 saturated carbocycles. The third-order valence-corrected chi connectivity index (χ3v) is 8.83. The van der Waals surface area contributed by atoms with Crippen molar-refractivity contribution in [2.75, 3.05) is 0 Å². The quantitative estimate of drug-likeness (QED) is 0.0844. The first-order valence-electron chi connectivity index (χ1n) is 12.2. The van der Waals surface area contributed by atoms with Gasteiger partial charge in [0.1, 0.15) is 0 Å². The molecular formula is C27H25Cu2F6NNaO8PS2. The Morgan fingerprint density at radius 1 is 0.708 bits per heavy atom. The van der Waals surface area contributed by atoms with Gasteiger partial charge in [-0.1, -0.05) is 106 Å². The number of benzene rings is 3. The van der Waals surface area contributed by atoms with Crippen LogP contribution in [0.1, 0.15) is 26.3 Å². The van der Waals surface area contributed by atoms with Crippen LogP contribution in [0.2, 0.25) is 0 Å². The first-order chi connectivity index (χ1) is 20.4. The molecule has 9 nitrogen and oxygen atoms in total. The van der Waals surface area contributed by atoms with Crippen LogP contribution in [-0.4, -0.2) is 55.2 Å². The molecule has 1 atom stereocenters. The first-order valence-corrected chi connectivity index (χ1v) is 16.3. The number of alkyl halides is 6. The number of carbonyl (C=O) groups is 1. The zero-order valence-electron chi connectivity index (χ0n) is 25.1. The summed E-state index contributed by atoms with van der Waals surface area (Å²) in [5.74, 6) is -1.15. The molecule has 0 aliphatic carbocycles. The largest absolute Gasteiger partial charge is 1.00 e. The molecule has 0 aliphatic rings. The molecule has 3 aromatic carbocycles. The minimum Gasteiger partial charge on any atom is -0.741 e. The molecule has 268 valence electrons. The van der Waals surface area contributed by atoms with Gasteiger partial charge >= 0.3 is 74.7 Å². The van der Waals surface area contributed by atoms with Crippen LogP contribution in [0.5, 0.6) is 0 Å². The molecule has 0 radical (unpaired) electrons. The number of hydrogen-bond acceptors (Lipinski definition) is 9. The molecule has 3 rings (SSSR count). The zero-order chi connectivity index (χ0) is 34.9. The smallest absolute Gasteiger partial charge is 0.741 e. The second-order valence-electron chi connectivity index (χ2n) is 9.73. The van der Waals surface area contributed by atoms with Crippen LogP contribution in [0.4, 0.5) is 26.3 Å². The van der Waals surface area contributed by atoms with Crippen molar-refractivity contribution >= 4 is 56.3 Å². The molecule has 48 heavy (non-hydrogen) atoms. The maximum atomic E-state index is 11.6. The summed E-state index contributed by atoms with van der Waals surface area (Å²) in [4.78, 5) is 16.0. The third-order valence-electron chi connectivity index (χ3n) is 5.18. The number of carboxylic acids is 1. The van der Waals surface area contributed by atoms with Crippen LogP contribution in [0.15, 0.2) is 89.9 Å². The summed E-state index contributed by atoms with van der Waals surface area (Å²) in [6.45, 7) is 5.58. The average molecular weight is 851 g/mol. The van der Waals surface area contributed by atoms with Gasteiger partial charge < -0.3 is 19.0 Å². The molecule has 1 unspecified atom stereocenters. The number of aliphatic carboxylic acids is 1. The fourth-order valence-electron chi connectivity index (χ4n) is 3.17. The van der Waals surface area contributed by atoms with E-state index in [4.69, 9.17) is 25.9 Å². The van der Waals surface area contributed by atoms with Crippen molar-refractivity contribution in [1.29, 1.82) is 0 Å². The van der Waals surface area contributed by atoms with E-state index >= 15 is 0 Å². The maximum absolute atomic E-state index is 11.6. The second-order valence-corrected chi connectivity index (χ2v) is 14.7. The molecule has 0 bridgehead atoms. The number of carboxylic acid groups (broad SMARTS) is 1. The Morgan fingerprint density at radius 2 is 1.02 bits per heavy atom. The zero-order valence-corrected chi connectivity index (χ0v) is 31.5. The molecule has 0 heterocycles. The Bertz CT molecular complexity index is 1580. The Balaban J connectivity index is -0.000000892. The second kappa shape index (κ2) is 21.1. The minimum absolute atomic E-state index is 0. The molecule has 0 aliphatic heterocycles. The molecular weight excluding hydrogens is 825 g/mol. The molecule has 0 spiro atoms. The first kappa shape index (κ1) is 51.0. The van der Waals surface area contributed by atoms with Gasteiger partial charge in [0.05, 0.1) is 12.0 Å². The normalized spacial score (nSPS) is 12.5. The fourth-order valence-corrected chi connectivity index (χ4v) is 5.60. The van der Waals surface area contributed by atoms with Gasteiger partial charge in [0.2, 0.25) is 0 Å². The van der Waals surface area contributed by atoms with Crippen molar-refractivity contribution in [3.05, 3.63) is 90.5 Å². The van der Waals surface area contributed by atoms with E-state index in [9.17, 15) is 36.2 Å². The summed E-state index contributed by atoms with van der Waals surface area (Å²) in [5.41, 5.74) is -10.9. The summed E-state index contributed by atoms with van der Waals surface area (Å²) in [6.07, 6.45) is 1.70. The summed E-state index contributed by atoms with van der Waals surface area (Å²) in [6, 6.07) is 28.0. The molecule has 0 amide bonds. The molecule has 0 saturated heterocycles. The Kier molecular flexibility index (Phi) is 22.5. The Morgan fingerprint density at radius 3 is 1.31 bits per heavy atom. The van der Waals surface area contributed by atoms with Gasteiger partial charge in [-0.3, -0.25) is 4.99 Å². The van der Waals surface area contributed by atoms with E-state index in [1.807, 2.05) is 51.1 Å². The van der Waals surface area contributed by atoms with Crippen molar-refractivity contribution in [2.24, 2.45) is 10.4 Å². The van der Waals surface area contributed by atoms with E-state index in [1.165, 1.54) is 10.6 Å². The molecule has 21 heteroatoms. The van der Waals surface area contributed by atoms with E-state index in [2.05, 4.69) is 59.6 Å². The van der Waals surface area contributed by atoms with Gasteiger partial charge in [-0.05, 0) is 29.3 Å². The predicted octanol–water partition coefficient (Wildman–Crippen LogP) is 0.130. The summed E-state index contributed by atoms with van der Waals surface area (Å²) < 4.78 is 118. The molecule has 0 aromatic heterocycles. The van der Waals surface area contributed by atoms with Crippen LogP contribution >= 0.6 is 7.92 Å². The van der Waals surface area contributed by atoms with Crippen molar-refractivity contribution < 1.29 is 126 Å². The number of halogens is 6. The number of aliphatic imine (C=N–C) groups is 1. The number of hydrogen-bond donors (Lipinski definition) is 0. The number of carbonyl (C=O) groups excluding carboxylic acids is 1. The monoisotopic (exact) mass is 849 g/mol. The topological polar surface area (TPSA) is 167 Å². The summed E-state index contributed by atoms with van der Waals surface area (Å²) in [7, 11) is -13.0. The number of nitrogens with zero attached hydrogens (tertiary/aromatic N) is 1. The van der Waals surface area contributed by atoms with E-state index < -0.39 is 56.6 Å². The van der Waals surface area contributed by atoms with E-state index in [0.29, 0.717) is 0 Å². The van der Waals surface area contributed by atoms with Gasteiger partial charge in [0, 0.05) is 11.8 Å². The SMILES string of the molecule is CC(C)(C)C(N=Cc1ccccc1P(c1ccccc1)c1ccccc1)C(=O)[O-].O=S(=O)([O-])C(F)(F)F.O=S(=O)([O-])C(F)(F)F.[Cu+].[Cu+].[Na+]. The molecule has 0 fully saturated rings. The maximum Gasteiger partial charge on any atom is 1.00 e. The standard InChI is InChI=1S/C25H26NO2P.2CHF3O3S.2Cu.Na/c1-25(2,3)23(24(27)28)26-18-19-12-10-11-17-22(19)29(20-13-6-4-7-14-20)21-15-8-5-9-16-21;2*2-1(3,4)8(5,6)7;;;/h4-18,23H,1-3H3,(H,27,28);2*(H,5,6,7);;;/q;;;3*+1/p-3. The van der Waals surface area contributed by atoms with Crippen LogP contribution in [0, 0.1) is 5.41 Å². The fraction of sp³-hybridized carbons (Fsp3) is 0.259. The van der Waals surface area contributed by atoms with Crippen molar-refractivity contribution in [1.82, 2.24) is 0 Å². The van der Waals surface area contributed by atoms with E-state index in [0.717, 1.165) is 10.9 Å². The van der Waals surface area contributed by atoms with Gasteiger partial charge in [-0.2, -0.15) is 26.3 Å². The Hall–Kier alpha value is -1.33. The summed E-state index contributed by atoms with van der Waals surface area (Å²) >= 11 is 0. The van der Waals surface area contributed by atoms with Crippen molar-refractivity contribution in [3.8, 4) is 0 Å².